The summed E-state index contributed by atoms with van der Waals surface area (Å²) in [6.45, 7) is 1.50. The monoisotopic (exact) mass is 573 g/mol. The maximum absolute atomic E-state index is 13.5. The summed E-state index contributed by atoms with van der Waals surface area (Å²) in [6, 6.07) is 32.7. The van der Waals surface area contributed by atoms with Crippen LogP contribution in [0.2, 0.25) is 0 Å². The van der Waals surface area contributed by atoms with E-state index >= 15 is 0 Å². The number of nitrogens with zero attached hydrogens (tertiary/aromatic N) is 1. The Labute approximate surface area is 253 Å². The largest absolute Gasteiger partial charge is 0.487 e. The van der Waals surface area contributed by atoms with E-state index in [0.29, 0.717) is 24.8 Å². The molecule has 1 aliphatic heterocycles. The van der Waals surface area contributed by atoms with Crippen LogP contribution in [0.4, 0.5) is 21.9 Å². The van der Waals surface area contributed by atoms with E-state index in [-0.39, 0.29) is 17.6 Å². The van der Waals surface area contributed by atoms with Gasteiger partial charge in [-0.1, -0.05) is 85.6 Å². The SMILES string of the molecule is Nc1ccccc1Nc1cc2c(cc1OCc1ccccc1)[C@]13CCCC[C@@H]1[C@H](C2)N(C(=O)OCc1ccccc1)CC3. The van der Waals surface area contributed by atoms with Crippen LogP contribution in [0.25, 0.3) is 0 Å². The highest BCUT2D eigenvalue weighted by Crippen LogP contribution is 2.57. The van der Waals surface area contributed by atoms with Crippen LogP contribution in [-0.4, -0.2) is 23.6 Å². The summed E-state index contributed by atoms with van der Waals surface area (Å²) < 4.78 is 12.4. The molecule has 1 saturated heterocycles. The Kier molecular flexibility index (Phi) is 7.44. The molecule has 3 atom stereocenters. The van der Waals surface area contributed by atoms with Gasteiger partial charge < -0.3 is 25.4 Å². The molecule has 3 aliphatic rings. The number of benzene rings is 4. The molecule has 1 heterocycles. The second kappa shape index (κ2) is 11.7. The average Bonchev–Trinajstić information content (AvgIpc) is 3.05. The number of nitrogen functional groups attached to an aromatic ring is 1. The summed E-state index contributed by atoms with van der Waals surface area (Å²) >= 11 is 0. The summed E-state index contributed by atoms with van der Waals surface area (Å²) in [5, 5.41) is 3.58. The molecular weight excluding hydrogens is 534 g/mol. The third-order valence-electron chi connectivity index (χ3n) is 9.84. The Morgan fingerprint density at radius 3 is 2.35 bits per heavy atom. The van der Waals surface area contributed by atoms with Gasteiger partial charge in [-0.25, -0.2) is 4.79 Å². The highest BCUT2D eigenvalue weighted by Gasteiger charge is 2.55. The summed E-state index contributed by atoms with van der Waals surface area (Å²) in [4.78, 5) is 15.6. The van der Waals surface area contributed by atoms with E-state index in [1.54, 1.807) is 0 Å². The minimum Gasteiger partial charge on any atom is -0.487 e. The molecule has 4 aromatic carbocycles. The Hall–Kier alpha value is -4.45. The number of likely N-dealkylation sites (tertiary alicyclic amines) is 1. The highest BCUT2D eigenvalue weighted by atomic mass is 16.6. The van der Waals surface area contributed by atoms with Gasteiger partial charge in [0.25, 0.3) is 0 Å². The summed E-state index contributed by atoms with van der Waals surface area (Å²) in [5.41, 5.74) is 13.6. The molecule has 4 aromatic rings. The molecule has 0 unspecified atom stereocenters. The zero-order chi connectivity index (χ0) is 29.2. The summed E-state index contributed by atoms with van der Waals surface area (Å²) in [6.07, 6.45) is 6.24. The van der Waals surface area contributed by atoms with Crippen molar-refractivity contribution < 1.29 is 14.3 Å². The van der Waals surface area contributed by atoms with Gasteiger partial charge in [0.1, 0.15) is 19.0 Å². The van der Waals surface area contributed by atoms with Gasteiger partial charge in [-0.05, 0) is 78.1 Å². The second-order valence-electron chi connectivity index (χ2n) is 12.3. The lowest BCUT2D eigenvalue weighted by molar-refractivity contribution is -0.0137. The lowest BCUT2D eigenvalue weighted by Crippen LogP contribution is -2.62. The third-order valence-corrected chi connectivity index (χ3v) is 9.84. The van der Waals surface area contributed by atoms with Gasteiger partial charge in [0.05, 0.1) is 17.1 Å². The molecule has 6 heteroatoms. The average molecular weight is 574 g/mol. The number of nitrogens with two attached hydrogens (primary N) is 1. The topological polar surface area (TPSA) is 76.8 Å². The number of fused-ring (bicyclic) bond motifs is 1. The van der Waals surface area contributed by atoms with E-state index in [0.717, 1.165) is 60.5 Å². The number of rotatable bonds is 7. The van der Waals surface area contributed by atoms with Gasteiger partial charge in [-0.3, -0.25) is 0 Å². The zero-order valence-electron chi connectivity index (χ0n) is 24.5. The van der Waals surface area contributed by atoms with Crippen LogP contribution in [0.3, 0.4) is 0 Å². The fourth-order valence-corrected chi connectivity index (χ4v) is 7.78. The van der Waals surface area contributed by atoms with E-state index in [1.165, 1.54) is 24.0 Å². The Morgan fingerprint density at radius 2 is 1.58 bits per heavy atom. The van der Waals surface area contributed by atoms with Crippen LogP contribution in [0.1, 0.15) is 54.4 Å². The number of carbonyl (C=O) groups excluding carboxylic acids is 1. The van der Waals surface area contributed by atoms with Gasteiger partial charge in [0.2, 0.25) is 0 Å². The number of para-hydroxylation sites is 2. The zero-order valence-corrected chi connectivity index (χ0v) is 24.5. The quantitative estimate of drug-likeness (QED) is 0.219. The Morgan fingerprint density at radius 1 is 0.860 bits per heavy atom. The Bertz CT molecular complexity index is 1590. The van der Waals surface area contributed by atoms with Crippen molar-refractivity contribution in [1.29, 1.82) is 0 Å². The number of nitrogens with one attached hydrogen (secondary N) is 1. The minimum absolute atomic E-state index is 0.0435. The first-order chi connectivity index (χ1) is 21.1. The molecular formula is C37H39N3O3. The lowest BCUT2D eigenvalue weighted by atomic mass is 9.52. The predicted octanol–water partition coefficient (Wildman–Crippen LogP) is 7.99. The van der Waals surface area contributed by atoms with E-state index in [2.05, 4.69) is 29.6 Å². The van der Waals surface area contributed by atoms with E-state index in [4.69, 9.17) is 15.2 Å². The van der Waals surface area contributed by atoms with Crippen molar-refractivity contribution in [1.82, 2.24) is 4.90 Å². The first-order valence-corrected chi connectivity index (χ1v) is 15.5. The van der Waals surface area contributed by atoms with E-state index in [1.807, 2.05) is 77.7 Å². The molecule has 6 nitrogen and oxygen atoms in total. The predicted molar refractivity (Wildman–Crippen MR) is 170 cm³/mol. The number of hydrogen-bond acceptors (Lipinski definition) is 5. The number of anilines is 3. The van der Waals surface area contributed by atoms with Crippen molar-refractivity contribution in [2.75, 3.05) is 17.6 Å². The third kappa shape index (κ3) is 5.31. The van der Waals surface area contributed by atoms with Crippen LogP contribution in [0.15, 0.2) is 97.1 Å². The molecule has 1 saturated carbocycles. The second-order valence-corrected chi connectivity index (χ2v) is 12.3. The van der Waals surface area contributed by atoms with Crippen molar-refractivity contribution in [2.45, 2.75) is 63.2 Å². The van der Waals surface area contributed by atoms with Crippen LogP contribution in [0, 0.1) is 5.92 Å². The first-order valence-electron chi connectivity index (χ1n) is 15.5. The Balaban J connectivity index is 1.23. The van der Waals surface area contributed by atoms with Gasteiger partial charge in [-0.2, -0.15) is 0 Å². The molecule has 0 aromatic heterocycles. The van der Waals surface area contributed by atoms with Crippen molar-refractivity contribution in [3.63, 3.8) is 0 Å². The molecule has 0 radical (unpaired) electrons. The number of carbonyl (C=O) groups is 1. The van der Waals surface area contributed by atoms with Crippen molar-refractivity contribution >= 4 is 23.2 Å². The van der Waals surface area contributed by atoms with Crippen LogP contribution < -0.4 is 15.8 Å². The van der Waals surface area contributed by atoms with Crippen molar-refractivity contribution in [2.24, 2.45) is 5.92 Å². The lowest BCUT2D eigenvalue weighted by Gasteiger charge is -2.58. The van der Waals surface area contributed by atoms with Crippen LogP contribution in [-0.2, 0) is 29.8 Å². The van der Waals surface area contributed by atoms with Gasteiger partial charge in [0, 0.05) is 18.0 Å². The highest BCUT2D eigenvalue weighted by molar-refractivity contribution is 5.77. The van der Waals surface area contributed by atoms with Crippen LogP contribution in [0.5, 0.6) is 5.75 Å². The van der Waals surface area contributed by atoms with Gasteiger partial charge in [0.15, 0.2) is 0 Å². The number of piperidine rings is 1. The van der Waals surface area contributed by atoms with Gasteiger partial charge in [-0.15, -0.1) is 0 Å². The normalized spacial score (nSPS) is 22.2. The number of amides is 1. The number of hydrogen-bond donors (Lipinski definition) is 2. The van der Waals surface area contributed by atoms with Crippen LogP contribution >= 0.6 is 0 Å². The molecule has 7 rings (SSSR count). The van der Waals surface area contributed by atoms with Crippen molar-refractivity contribution in [3.8, 4) is 5.75 Å². The van der Waals surface area contributed by atoms with Gasteiger partial charge >= 0.3 is 6.09 Å². The molecule has 0 spiro atoms. The maximum atomic E-state index is 13.5. The fraction of sp³-hybridized carbons (Fsp3) is 0.324. The summed E-state index contributed by atoms with van der Waals surface area (Å²) in [5.74, 6) is 1.25. The smallest absolute Gasteiger partial charge is 0.410 e. The van der Waals surface area contributed by atoms with Crippen molar-refractivity contribution in [3.05, 3.63) is 119 Å². The molecule has 2 aliphatic carbocycles. The molecule has 220 valence electrons. The summed E-state index contributed by atoms with van der Waals surface area (Å²) in [7, 11) is 0. The molecule has 2 fully saturated rings. The first kappa shape index (κ1) is 27.4. The molecule has 1 amide bonds. The van der Waals surface area contributed by atoms with E-state index in [9.17, 15) is 4.79 Å². The maximum Gasteiger partial charge on any atom is 0.410 e. The standard InChI is InChI=1S/C37H39N3O3/c38-31-16-7-8-17-32(31)39-33-21-28-22-34-29-15-9-10-18-37(29,30(28)23-35(33)42-24-26-11-3-1-4-12-26)19-20-40(34)36(41)43-25-27-13-5-2-6-14-27/h1-8,11-14,16-17,21,23,29,34,39H,9-10,15,18-20,22,24-25,38H2/t29-,34+,37+/m1/s1. The molecule has 43 heavy (non-hydrogen) atoms. The fourth-order valence-electron chi connectivity index (χ4n) is 7.78. The number of ether oxygens (including phenoxy) is 2. The minimum atomic E-state index is -0.199. The molecule has 2 bridgehead atoms. The molecule has 3 N–H and O–H groups in total. The van der Waals surface area contributed by atoms with E-state index < -0.39 is 0 Å².